The summed E-state index contributed by atoms with van der Waals surface area (Å²) in [6, 6.07) is 20.9. The molecule has 39 heavy (non-hydrogen) atoms. The Balaban J connectivity index is 1.49. The second-order valence-corrected chi connectivity index (χ2v) is 10.5. The summed E-state index contributed by atoms with van der Waals surface area (Å²) < 4.78 is 17.6. The third-order valence-electron chi connectivity index (χ3n) is 7.00. The number of nitrogens with zero attached hydrogens (tertiary/aromatic N) is 1. The van der Waals surface area contributed by atoms with E-state index in [0.717, 1.165) is 29.0 Å². The number of methoxy groups -OCH3 is 1. The minimum absolute atomic E-state index is 0.158. The van der Waals surface area contributed by atoms with Crippen molar-refractivity contribution in [1.82, 2.24) is 4.90 Å². The first kappa shape index (κ1) is 28.2. The van der Waals surface area contributed by atoms with Crippen molar-refractivity contribution < 1.29 is 19.0 Å². The number of rotatable bonds is 10. The first-order valence-corrected chi connectivity index (χ1v) is 13.7. The van der Waals surface area contributed by atoms with Gasteiger partial charge in [0.1, 0.15) is 12.4 Å². The maximum Gasteiger partial charge on any atom is 0.251 e. The van der Waals surface area contributed by atoms with E-state index in [1.54, 1.807) is 7.11 Å². The molecule has 6 nitrogen and oxygen atoms in total. The molecule has 1 heterocycles. The fourth-order valence-electron chi connectivity index (χ4n) is 4.88. The Morgan fingerprint density at radius 1 is 0.949 bits per heavy atom. The predicted molar refractivity (Wildman–Crippen MR) is 159 cm³/mol. The van der Waals surface area contributed by atoms with Crippen molar-refractivity contribution in [1.29, 1.82) is 0 Å². The molecule has 206 valence electrons. The summed E-state index contributed by atoms with van der Waals surface area (Å²) in [6.45, 7) is 12.6. The average molecular weight is 529 g/mol. The van der Waals surface area contributed by atoms with Crippen LogP contribution in [0.5, 0.6) is 17.2 Å². The summed E-state index contributed by atoms with van der Waals surface area (Å²) in [6.07, 6.45) is 2.45. The highest BCUT2D eigenvalue weighted by Gasteiger charge is 2.18. The molecule has 0 fully saturated rings. The number of aryl methyl sites for hydroxylation is 1. The van der Waals surface area contributed by atoms with Gasteiger partial charge < -0.3 is 19.5 Å². The van der Waals surface area contributed by atoms with Crippen LogP contribution in [0.15, 0.2) is 66.2 Å². The molecule has 1 N–H and O–H groups in total. The maximum atomic E-state index is 13.3. The van der Waals surface area contributed by atoms with Crippen LogP contribution in [-0.2, 0) is 4.79 Å². The molecule has 0 saturated heterocycles. The number of nitrogens with one attached hydrogen (secondary N) is 1. The van der Waals surface area contributed by atoms with Gasteiger partial charge in [-0.05, 0) is 76.1 Å². The number of hydrogen-bond acceptors (Lipinski definition) is 5. The van der Waals surface area contributed by atoms with Gasteiger partial charge in [-0.1, -0.05) is 35.9 Å². The van der Waals surface area contributed by atoms with Crippen LogP contribution in [0.4, 0.5) is 5.69 Å². The van der Waals surface area contributed by atoms with E-state index < -0.39 is 0 Å². The minimum Gasteiger partial charge on any atom is -0.493 e. The lowest BCUT2D eigenvalue weighted by Gasteiger charge is -2.30. The van der Waals surface area contributed by atoms with Gasteiger partial charge in [-0.25, -0.2) is 0 Å². The number of carbonyl (C=O) groups excluding carboxylic acids is 1. The van der Waals surface area contributed by atoms with Gasteiger partial charge in [-0.2, -0.15) is 0 Å². The molecular formula is C33H40N2O4. The minimum atomic E-state index is -0.158. The SMILES string of the molecule is COc1ccc(NC(=O)C2=Cc3cc(-c4ccc(C)cc4)ccc3OCC2)cc1OCCN(C(C)C)C(C)C. The van der Waals surface area contributed by atoms with Gasteiger partial charge in [0.15, 0.2) is 11.5 Å². The molecule has 0 spiro atoms. The number of fused-ring (bicyclic) bond motifs is 1. The fraction of sp³-hybridized carbons (Fsp3) is 0.364. The zero-order valence-electron chi connectivity index (χ0n) is 23.9. The monoisotopic (exact) mass is 528 g/mol. The quantitative estimate of drug-likeness (QED) is 0.308. The number of hydrogen-bond donors (Lipinski definition) is 1. The van der Waals surface area contributed by atoms with E-state index in [0.29, 0.717) is 54.5 Å². The summed E-state index contributed by atoms with van der Waals surface area (Å²) in [4.78, 5) is 15.7. The van der Waals surface area contributed by atoms with Crippen molar-refractivity contribution in [2.24, 2.45) is 0 Å². The van der Waals surface area contributed by atoms with Gasteiger partial charge in [-0.15, -0.1) is 0 Å². The summed E-state index contributed by atoms with van der Waals surface area (Å²) >= 11 is 0. The van der Waals surface area contributed by atoms with E-state index in [9.17, 15) is 4.79 Å². The molecule has 1 amide bonds. The molecule has 0 atom stereocenters. The van der Waals surface area contributed by atoms with Crippen LogP contribution >= 0.6 is 0 Å². The number of carbonyl (C=O) groups is 1. The summed E-state index contributed by atoms with van der Waals surface area (Å²) in [5.41, 5.74) is 5.64. The van der Waals surface area contributed by atoms with Gasteiger partial charge in [0.05, 0.1) is 13.7 Å². The van der Waals surface area contributed by atoms with E-state index in [1.165, 1.54) is 5.56 Å². The van der Waals surface area contributed by atoms with Crippen LogP contribution in [0, 0.1) is 6.92 Å². The van der Waals surface area contributed by atoms with Crippen LogP contribution in [0.1, 0.15) is 45.2 Å². The zero-order valence-corrected chi connectivity index (χ0v) is 23.9. The van der Waals surface area contributed by atoms with E-state index in [2.05, 4.69) is 81.2 Å². The van der Waals surface area contributed by atoms with Crippen LogP contribution in [0.3, 0.4) is 0 Å². The average Bonchev–Trinajstić information content (AvgIpc) is 3.13. The molecule has 0 aliphatic carbocycles. The molecule has 6 heteroatoms. The molecule has 4 rings (SSSR count). The Morgan fingerprint density at radius 3 is 2.36 bits per heavy atom. The van der Waals surface area contributed by atoms with Crippen LogP contribution in [0.25, 0.3) is 17.2 Å². The van der Waals surface area contributed by atoms with E-state index in [4.69, 9.17) is 14.2 Å². The highest BCUT2D eigenvalue weighted by molar-refractivity contribution is 6.07. The Hall–Kier alpha value is -3.77. The van der Waals surface area contributed by atoms with Crippen molar-refractivity contribution >= 4 is 17.7 Å². The topological polar surface area (TPSA) is 60.0 Å². The maximum absolute atomic E-state index is 13.3. The molecule has 0 unspecified atom stereocenters. The molecule has 3 aromatic rings. The largest absolute Gasteiger partial charge is 0.493 e. The molecule has 3 aromatic carbocycles. The van der Waals surface area contributed by atoms with Crippen molar-refractivity contribution in [2.75, 3.05) is 32.2 Å². The molecule has 0 saturated carbocycles. The third-order valence-corrected chi connectivity index (χ3v) is 7.00. The van der Waals surface area contributed by atoms with Gasteiger partial charge in [0.2, 0.25) is 0 Å². The van der Waals surface area contributed by atoms with Gasteiger partial charge in [-0.3, -0.25) is 9.69 Å². The zero-order chi connectivity index (χ0) is 27.9. The Kier molecular flexibility index (Phi) is 9.31. The normalized spacial score (nSPS) is 13.0. The van der Waals surface area contributed by atoms with Crippen LogP contribution < -0.4 is 19.5 Å². The van der Waals surface area contributed by atoms with Gasteiger partial charge in [0.25, 0.3) is 5.91 Å². The predicted octanol–water partition coefficient (Wildman–Crippen LogP) is 6.97. The standard InChI is InChI=1S/C33H40N2O4/c1-22(2)35(23(3)4)16-18-39-32-21-29(12-14-31(32)37-6)34-33(36)27-15-17-38-30-13-11-26(19-28(30)20-27)25-9-7-24(5)8-10-25/h7-14,19-23H,15-18H2,1-6H3,(H,34,36). The number of amides is 1. The Labute approximate surface area is 232 Å². The van der Waals surface area contributed by atoms with Crippen molar-refractivity contribution in [3.63, 3.8) is 0 Å². The third kappa shape index (κ3) is 7.21. The molecule has 1 aliphatic heterocycles. The summed E-state index contributed by atoms with van der Waals surface area (Å²) in [7, 11) is 1.62. The Morgan fingerprint density at radius 2 is 1.67 bits per heavy atom. The van der Waals surface area contributed by atoms with E-state index in [1.807, 2.05) is 30.3 Å². The van der Waals surface area contributed by atoms with Crippen LogP contribution in [-0.4, -0.2) is 49.8 Å². The molecule has 0 radical (unpaired) electrons. The lowest BCUT2D eigenvalue weighted by atomic mass is 10.00. The van der Waals surface area contributed by atoms with Crippen molar-refractivity contribution in [3.05, 3.63) is 77.4 Å². The lowest BCUT2D eigenvalue weighted by Crippen LogP contribution is -2.39. The van der Waals surface area contributed by atoms with Crippen LogP contribution in [0.2, 0.25) is 0 Å². The number of ether oxygens (including phenoxy) is 3. The van der Waals surface area contributed by atoms with Gasteiger partial charge >= 0.3 is 0 Å². The highest BCUT2D eigenvalue weighted by atomic mass is 16.5. The first-order valence-electron chi connectivity index (χ1n) is 13.7. The fourth-order valence-corrected chi connectivity index (χ4v) is 4.88. The smallest absolute Gasteiger partial charge is 0.251 e. The van der Waals surface area contributed by atoms with Crippen molar-refractivity contribution in [3.8, 4) is 28.4 Å². The summed E-state index contributed by atoms with van der Waals surface area (Å²) in [5.74, 6) is 1.86. The van der Waals surface area contributed by atoms with Gasteiger partial charge in [0, 0.05) is 47.9 Å². The second-order valence-electron chi connectivity index (χ2n) is 10.5. The Bertz CT molecular complexity index is 1300. The highest BCUT2D eigenvalue weighted by Crippen LogP contribution is 2.33. The van der Waals surface area contributed by atoms with E-state index >= 15 is 0 Å². The lowest BCUT2D eigenvalue weighted by molar-refractivity contribution is -0.113. The molecular weight excluding hydrogens is 488 g/mol. The number of benzene rings is 3. The first-order chi connectivity index (χ1) is 18.7. The molecule has 0 bridgehead atoms. The van der Waals surface area contributed by atoms with E-state index in [-0.39, 0.29) is 5.91 Å². The molecule has 1 aliphatic rings. The molecule has 0 aromatic heterocycles. The number of anilines is 1. The second kappa shape index (κ2) is 12.9. The van der Waals surface area contributed by atoms with Crippen molar-refractivity contribution in [2.45, 2.75) is 53.1 Å². The summed E-state index contributed by atoms with van der Waals surface area (Å²) in [5, 5.41) is 3.04.